The Morgan fingerprint density at radius 2 is 2.00 bits per heavy atom. The summed E-state index contributed by atoms with van der Waals surface area (Å²) in [4.78, 5) is 14.3. The highest BCUT2D eigenvalue weighted by molar-refractivity contribution is 9.10. The SMILES string of the molecule is Cc1ccc(/C=C/C(=O)c2ccccc2Br)s1. The zero-order valence-electron chi connectivity index (χ0n) is 9.31. The van der Waals surface area contributed by atoms with Crippen LogP contribution in [0.25, 0.3) is 6.08 Å². The van der Waals surface area contributed by atoms with Crippen molar-refractivity contribution in [3.63, 3.8) is 0 Å². The number of allylic oxidation sites excluding steroid dienone is 1. The van der Waals surface area contributed by atoms with E-state index >= 15 is 0 Å². The molecule has 2 aromatic rings. The van der Waals surface area contributed by atoms with E-state index < -0.39 is 0 Å². The van der Waals surface area contributed by atoms with Crippen LogP contribution in [-0.2, 0) is 0 Å². The first-order valence-corrected chi connectivity index (χ1v) is 6.81. The van der Waals surface area contributed by atoms with Gasteiger partial charge in [-0.25, -0.2) is 0 Å². The second-order valence-corrected chi connectivity index (χ2v) is 5.80. The van der Waals surface area contributed by atoms with Crippen molar-refractivity contribution in [1.82, 2.24) is 0 Å². The third kappa shape index (κ3) is 3.14. The summed E-state index contributed by atoms with van der Waals surface area (Å²) in [6.07, 6.45) is 3.48. The molecule has 2 rings (SSSR count). The molecule has 17 heavy (non-hydrogen) atoms. The molecule has 0 spiro atoms. The van der Waals surface area contributed by atoms with Crippen LogP contribution >= 0.6 is 27.3 Å². The van der Waals surface area contributed by atoms with Crippen molar-refractivity contribution >= 4 is 39.1 Å². The fourth-order valence-corrected chi connectivity index (χ4v) is 2.71. The number of halogens is 1. The highest BCUT2D eigenvalue weighted by atomic mass is 79.9. The second kappa shape index (κ2) is 5.43. The lowest BCUT2D eigenvalue weighted by Crippen LogP contribution is -1.94. The summed E-state index contributed by atoms with van der Waals surface area (Å²) >= 11 is 5.05. The molecular formula is C14H11BrOS. The fraction of sp³-hybridized carbons (Fsp3) is 0.0714. The monoisotopic (exact) mass is 306 g/mol. The van der Waals surface area contributed by atoms with Crippen molar-refractivity contribution in [2.45, 2.75) is 6.92 Å². The molecule has 0 amide bonds. The van der Waals surface area contributed by atoms with Crippen LogP contribution in [0.5, 0.6) is 0 Å². The number of ketones is 1. The topological polar surface area (TPSA) is 17.1 Å². The van der Waals surface area contributed by atoms with E-state index in [-0.39, 0.29) is 5.78 Å². The van der Waals surface area contributed by atoms with Gasteiger partial charge in [0.15, 0.2) is 5.78 Å². The number of hydrogen-bond donors (Lipinski definition) is 0. The maximum Gasteiger partial charge on any atom is 0.187 e. The van der Waals surface area contributed by atoms with Gasteiger partial charge >= 0.3 is 0 Å². The first-order chi connectivity index (χ1) is 8.16. The van der Waals surface area contributed by atoms with Crippen LogP contribution in [0.4, 0.5) is 0 Å². The van der Waals surface area contributed by atoms with Gasteiger partial charge in [0.25, 0.3) is 0 Å². The standard InChI is InChI=1S/C14H11BrOS/c1-10-6-7-11(17-10)8-9-14(16)12-4-2-3-5-13(12)15/h2-9H,1H3/b9-8+. The molecule has 0 aliphatic carbocycles. The molecule has 0 N–H and O–H groups in total. The van der Waals surface area contributed by atoms with Gasteiger partial charge in [-0.15, -0.1) is 11.3 Å². The summed E-state index contributed by atoms with van der Waals surface area (Å²) in [7, 11) is 0. The predicted octanol–water partition coefficient (Wildman–Crippen LogP) is 4.72. The zero-order valence-corrected chi connectivity index (χ0v) is 11.7. The number of carbonyl (C=O) groups is 1. The summed E-state index contributed by atoms with van der Waals surface area (Å²) < 4.78 is 0.831. The van der Waals surface area contributed by atoms with Gasteiger partial charge < -0.3 is 0 Å². The van der Waals surface area contributed by atoms with Gasteiger partial charge in [0, 0.05) is 19.8 Å². The molecule has 0 aliphatic heterocycles. The minimum Gasteiger partial charge on any atom is -0.289 e. The zero-order chi connectivity index (χ0) is 12.3. The van der Waals surface area contributed by atoms with E-state index in [0.29, 0.717) is 5.56 Å². The number of rotatable bonds is 3. The number of hydrogen-bond acceptors (Lipinski definition) is 2. The average molecular weight is 307 g/mol. The van der Waals surface area contributed by atoms with Crippen molar-refractivity contribution in [1.29, 1.82) is 0 Å². The minimum absolute atomic E-state index is 0.0172. The normalized spacial score (nSPS) is 10.9. The van der Waals surface area contributed by atoms with Gasteiger partial charge in [-0.1, -0.05) is 28.1 Å². The Kier molecular flexibility index (Phi) is 3.92. The van der Waals surface area contributed by atoms with Gasteiger partial charge in [-0.05, 0) is 43.3 Å². The first kappa shape index (κ1) is 12.3. The number of aryl methyl sites for hydroxylation is 1. The Bertz CT molecular complexity index is 569. The quantitative estimate of drug-likeness (QED) is 0.592. The maximum absolute atomic E-state index is 11.9. The summed E-state index contributed by atoms with van der Waals surface area (Å²) in [6, 6.07) is 11.5. The lowest BCUT2D eigenvalue weighted by molar-refractivity contribution is 0.104. The van der Waals surface area contributed by atoms with Crippen molar-refractivity contribution in [2.24, 2.45) is 0 Å². The van der Waals surface area contributed by atoms with E-state index in [9.17, 15) is 4.79 Å². The lowest BCUT2D eigenvalue weighted by atomic mass is 10.1. The Balaban J connectivity index is 2.17. The molecule has 86 valence electrons. The molecule has 1 aromatic heterocycles. The van der Waals surface area contributed by atoms with Crippen molar-refractivity contribution < 1.29 is 4.79 Å². The third-order valence-electron chi connectivity index (χ3n) is 2.30. The van der Waals surface area contributed by atoms with E-state index in [2.05, 4.69) is 22.9 Å². The molecule has 0 radical (unpaired) electrons. The maximum atomic E-state index is 11.9. The molecule has 1 heterocycles. The molecule has 0 saturated heterocycles. The van der Waals surface area contributed by atoms with Crippen LogP contribution in [0, 0.1) is 6.92 Å². The van der Waals surface area contributed by atoms with Gasteiger partial charge in [0.05, 0.1) is 0 Å². The molecule has 0 bridgehead atoms. The number of carbonyl (C=O) groups excluding carboxylic acids is 1. The molecule has 0 unspecified atom stereocenters. The Morgan fingerprint density at radius 1 is 1.24 bits per heavy atom. The second-order valence-electron chi connectivity index (χ2n) is 3.63. The van der Waals surface area contributed by atoms with Crippen LogP contribution in [0.2, 0.25) is 0 Å². The third-order valence-corrected chi connectivity index (χ3v) is 3.96. The van der Waals surface area contributed by atoms with Gasteiger partial charge in [-0.3, -0.25) is 4.79 Å². The van der Waals surface area contributed by atoms with Crippen LogP contribution in [0.1, 0.15) is 20.1 Å². The van der Waals surface area contributed by atoms with Crippen molar-refractivity contribution in [2.75, 3.05) is 0 Å². The Morgan fingerprint density at radius 3 is 2.65 bits per heavy atom. The predicted molar refractivity (Wildman–Crippen MR) is 76.6 cm³/mol. The lowest BCUT2D eigenvalue weighted by Gasteiger charge is -1.98. The summed E-state index contributed by atoms with van der Waals surface area (Å²) in [5.41, 5.74) is 0.692. The van der Waals surface area contributed by atoms with Crippen LogP contribution in [-0.4, -0.2) is 5.78 Å². The highest BCUT2D eigenvalue weighted by Gasteiger charge is 2.05. The van der Waals surface area contributed by atoms with E-state index in [1.165, 1.54) is 4.88 Å². The summed E-state index contributed by atoms with van der Waals surface area (Å²) in [6.45, 7) is 2.05. The van der Waals surface area contributed by atoms with Crippen LogP contribution in [0.15, 0.2) is 46.9 Å². The van der Waals surface area contributed by atoms with E-state index in [1.54, 1.807) is 17.4 Å². The smallest absolute Gasteiger partial charge is 0.187 e. The molecule has 0 fully saturated rings. The molecule has 1 nitrogen and oxygen atoms in total. The van der Waals surface area contributed by atoms with Crippen LogP contribution in [0.3, 0.4) is 0 Å². The summed E-state index contributed by atoms with van der Waals surface area (Å²) in [5.74, 6) is 0.0172. The van der Waals surface area contributed by atoms with Crippen molar-refractivity contribution in [3.05, 3.63) is 62.3 Å². The largest absolute Gasteiger partial charge is 0.289 e. The Hall–Kier alpha value is -1.19. The molecule has 0 aliphatic rings. The van der Waals surface area contributed by atoms with Crippen molar-refractivity contribution in [3.8, 4) is 0 Å². The number of benzene rings is 1. The molecule has 0 saturated carbocycles. The average Bonchev–Trinajstić information content (AvgIpc) is 2.73. The first-order valence-electron chi connectivity index (χ1n) is 5.20. The van der Waals surface area contributed by atoms with Gasteiger partial charge in [0.1, 0.15) is 0 Å². The number of thiophene rings is 1. The Labute approximate surface area is 113 Å². The van der Waals surface area contributed by atoms with Gasteiger partial charge in [0.2, 0.25) is 0 Å². The molecule has 3 heteroatoms. The molecular weight excluding hydrogens is 296 g/mol. The fourth-order valence-electron chi connectivity index (χ4n) is 1.45. The van der Waals surface area contributed by atoms with E-state index in [0.717, 1.165) is 9.35 Å². The van der Waals surface area contributed by atoms with Crippen LogP contribution < -0.4 is 0 Å². The summed E-state index contributed by atoms with van der Waals surface area (Å²) in [5, 5.41) is 0. The highest BCUT2D eigenvalue weighted by Crippen LogP contribution is 2.19. The molecule has 0 atom stereocenters. The molecule has 1 aromatic carbocycles. The van der Waals surface area contributed by atoms with E-state index in [4.69, 9.17) is 0 Å². The minimum atomic E-state index is 0.0172. The van der Waals surface area contributed by atoms with E-state index in [1.807, 2.05) is 42.5 Å². The van der Waals surface area contributed by atoms with Gasteiger partial charge in [-0.2, -0.15) is 0 Å².